The van der Waals surface area contributed by atoms with Crippen LogP contribution in [-0.2, 0) is 11.3 Å². The van der Waals surface area contributed by atoms with Gasteiger partial charge in [-0.15, -0.1) is 0 Å². The second-order valence-corrected chi connectivity index (χ2v) is 4.88. The Hall–Kier alpha value is -1.39. The maximum atomic E-state index is 12.0. The summed E-state index contributed by atoms with van der Waals surface area (Å²) >= 11 is 0. The summed E-state index contributed by atoms with van der Waals surface area (Å²) < 4.78 is 5.03. The van der Waals surface area contributed by atoms with Crippen LogP contribution >= 0.6 is 0 Å². The maximum absolute atomic E-state index is 12.0. The molecule has 0 heterocycles. The highest BCUT2D eigenvalue weighted by molar-refractivity contribution is 5.94. The SMILES string of the molecule is CCC(N)(CC)CNC(=O)c1ccc(COC)cc1. The molecule has 0 aliphatic heterocycles. The van der Waals surface area contributed by atoms with Crippen LogP contribution in [0.3, 0.4) is 0 Å². The first kappa shape index (κ1) is 15.7. The predicted octanol–water partition coefficient (Wildman–Crippen LogP) is 2.08. The summed E-state index contributed by atoms with van der Waals surface area (Å²) in [5, 5.41) is 2.90. The molecule has 0 radical (unpaired) electrons. The quantitative estimate of drug-likeness (QED) is 0.792. The van der Waals surface area contributed by atoms with Gasteiger partial charge in [0.05, 0.1) is 6.61 Å². The first-order valence-electron chi connectivity index (χ1n) is 6.69. The average molecular weight is 264 g/mol. The van der Waals surface area contributed by atoms with Gasteiger partial charge in [-0.25, -0.2) is 0 Å². The maximum Gasteiger partial charge on any atom is 0.251 e. The Balaban J connectivity index is 2.58. The Morgan fingerprint density at radius 3 is 2.32 bits per heavy atom. The highest BCUT2D eigenvalue weighted by atomic mass is 16.5. The third kappa shape index (κ3) is 4.65. The number of carbonyl (C=O) groups is 1. The summed E-state index contributed by atoms with van der Waals surface area (Å²) in [6.07, 6.45) is 1.69. The van der Waals surface area contributed by atoms with Gasteiger partial charge in [-0.05, 0) is 30.5 Å². The molecular weight excluding hydrogens is 240 g/mol. The normalized spacial score (nSPS) is 11.4. The van der Waals surface area contributed by atoms with E-state index in [0.717, 1.165) is 18.4 Å². The zero-order chi connectivity index (χ0) is 14.3. The molecule has 1 aromatic carbocycles. The van der Waals surface area contributed by atoms with Crippen molar-refractivity contribution in [3.05, 3.63) is 35.4 Å². The highest BCUT2D eigenvalue weighted by Gasteiger charge is 2.21. The van der Waals surface area contributed by atoms with E-state index in [1.54, 1.807) is 19.2 Å². The van der Waals surface area contributed by atoms with Gasteiger partial charge in [0, 0.05) is 24.8 Å². The van der Waals surface area contributed by atoms with Gasteiger partial charge in [0.1, 0.15) is 0 Å². The first-order valence-corrected chi connectivity index (χ1v) is 6.69. The van der Waals surface area contributed by atoms with Gasteiger partial charge in [-0.3, -0.25) is 4.79 Å². The fourth-order valence-electron chi connectivity index (χ4n) is 1.78. The summed E-state index contributed by atoms with van der Waals surface area (Å²) in [6.45, 7) is 5.13. The van der Waals surface area contributed by atoms with Gasteiger partial charge in [-0.2, -0.15) is 0 Å². The summed E-state index contributed by atoms with van der Waals surface area (Å²) in [7, 11) is 1.65. The molecule has 0 aromatic heterocycles. The number of nitrogens with one attached hydrogen (secondary N) is 1. The summed E-state index contributed by atoms with van der Waals surface area (Å²) in [6, 6.07) is 7.40. The number of ether oxygens (including phenoxy) is 1. The number of hydrogen-bond donors (Lipinski definition) is 2. The van der Waals surface area contributed by atoms with Crippen LogP contribution in [0.4, 0.5) is 0 Å². The Labute approximate surface area is 115 Å². The third-order valence-corrected chi connectivity index (χ3v) is 3.54. The zero-order valence-corrected chi connectivity index (χ0v) is 12.0. The van der Waals surface area contributed by atoms with Crippen LogP contribution in [0.25, 0.3) is 0 Å². The number of amides is 1. The molecule has 19 heavy (non-hydrogen) atoms. The second kappa shape index (κ2) is 7.26. The lowest BCUT2D eigenvalue weighted by Crippen LogP contribution is -2.49. The molecule has 106 valence electrons. The van der Waals surface area contributed by atoms with Gasteiger partial charge >= 0.3 is 0 Å². The van der Waals surface area contributed by atoms with E-state index in [1.807, 2.05) is 26.0 Å². The fourth-order valence-corrected chi connectivity index (χ4v) is 1.78. The Bertz CT molecular complexity index is 397. The molecule has 0 spiro atoms. The van der Waals surface area contributed by atoms with Crippen LogP contribution < -0.4 is 11.1 Å². The van der Waals surface area contributed by atoms with Crippen molar-refractivity contribution >= 4 is 5.91 Å². The molecule has 3 N–H and O–H groups in total. The second-order valence-electron chi connectivity index (χ2n) is 4.88. The molecule has 1 rings (SSSR count). The van der Waals surface area contributed by atoms with Gasteiger partial charge in [0.15, 0.2) is 0 Å². The van der Waals surface area contributed by atoms with E-state index in [1.165, 1.54) is 0 Å². The van der Waals surface area contributed by atoms with Crippen LogP contribution in [0.15, 0.2) is 24.3 Å². The van der Waals surface area contributed by atoms with Crippen molar-refractivity contribution in [3.8, 4) is 0 Å². The minimum Gasteiger partial charge on any atom is -0.380 e. The number of rotatable bonds is 7. The molecule has 0 aliphatic rings. The van der Waals surface area contributed by atoms with Crippen molar-refractivity contribution in [2.45, 2.75) is 38.8 Å². The number of benzene rings is 1. The Kier molecular flexibility index (Phi) is 5.99. The van der Waals surface area contributed by atoms with Crippen molar-refractivity contribution in [3.63, 3.8) is 0 Å². The minimum absolute atomic E-state index is 0.0827. The molecular formula is C15H24N2O2. The van der Waals surface area contributed by atoms with E-state index in [0.29, 0.717) is 18.7 Å². The van der Waals surface area contributed by atoms with Crippen molar-refractivity contribution in [2.24, 2.45) is 5.73 Å². The first-order chi connectivity index (χ1) is 9.04. The molecule has 0 fully saturated rings. The van der Waals surface area contributed by atoms with Crippen molar-refractivity contribution in [1.82, 2.24) is 5.32 Å². The Morgan fingerprint density at radius 1 is 1.26 bits per heavy atom. The fraction of sp³-hybridized carbons (Fsp3) is 0.533. The summed E-state index contributed by atoms with van der Waals surface area (Å²) in [5.74, 6) is -0.0827. The molecule has 1 aromatic rings. The van der Waals surface area contributed by atoms with Crippen molar-refractivity contribution < 1.29 is 9.53 Å². The molecule has 0 saturated carbocycles. The molecule has 1 amide bonds. The third-order valence-electron chi connectivity index (χ3n) is 3.54. The van der Waals surface area contributed by atoms with Crippen molar-refractivity contribution in [2.75, 3.05) is 13.7 Å². The number of hydrogen-bond acceptors (Lipinski definition) is 3. The molecule has 4 nitrogen and oxygen atoms in total. The molecule has 0 bridgehead atoms. The molecule has 0 aliphatic carbocycles. The van der Waals surface area contributed by atoms with E-state index in [-0.39, 0.29) is 11.4 Å². The molecule has 0 unspecified atom stereocenters. The lowest BCUT2D eigenvalue weighted by molar-refractivity contribution is 0.0942. The van der Waals surface area contributed by atoms with E-state index in [4.69, 9.17) is 10.5 Å². The van der Waals surface area contributed by atoms with E-state index >= 15 is 0 Å². The van der Waals surface area contributed by atoms with E-state index in [2.05, 4.69) is 5.32 Å². The van der Waals surface area contributed by atoms with Crippen molar-refractivity contribution in [1.29, 1.82) is 0 Å². The van der Waals surface area contributed by atoms with Gasteiger partial charge < -0.3 is 15.8 Å². The average Bonchev–Trinajstić information content (AvgIpc) is 2.45. The lowest BCUT2D eigenvalue weighted by Gasteiger charge is -2.26. The van der Waals surface area contributed by atoms with Crippen LogP contribution in [0.5, 0.6) is 0 Å². The van der Waals surface area contributed by atoms with Gasteiger partial charge in [0.25, 0.3) is 5.91 Å². The van der Waals surface area contributed by atoms with Gasteiger partial charge in [-0.1, -0.05) is 26.0 Å². The molecule has 0 saturated heterocycles. The van der Waals surface area contributed by atoms with Gasteiger partial charge in [0.2, 0.25) is 0 Å². The topological polar surface area (TPSA) is 64.3 Å². The van der Waals surface area contributed by atoms with Crippen LogP contribution in [-0.4, -0.2) is 25.1 Å². The predicted molar refractivity (Wildman–Crippen MR) is 77.0 cm³/mol. The van der Waals surface area contributed by atoms with Crippen LogP contribution in [0.1, 0.15) is 42.6 Å². The number of carbonyl (C=O) groups excluding carboxylic acids is 1. The minimum atomic E-state index is -0.314. The summed E-state index contributed by atoms with van der Waals surface area (Å²) in [5.41, 5.74) is 7.54. The highest BCUT2D eigenvalue weighted by Crippen LogP contribution is 2.10. The zero-order valence-electron chi connectivity index (χ0n) is 12.0. The summed E-state index contributed by atoms with van der Waals surface area (Å²) in [4.78, 5) is 12.0. The molecule has 4 heteroatoms. The number of methoxy groups -OCH3 is 1. The Morgan fingerprint density at radius 2 is 1.84 bits per heavy atom. The van der Waals surface area contributed by atoms with E-state index < -0.39 is 0 Å². The van der Waals surface area contributed by atoms with Crippen LogP contribution in [0, 0.1) is 0 Å². The molecule has 0 atom stereocenters. The number of nitrogens with two attached hydrogens (primary N) is 1. The standard InChI is InChI=1S/C15H24N2O2/c1-4-15(16,5-2)11-17-14(18)13-8-6-12(7-9-13)10-19-3/h6-9H,4-5,10-11,16H2,1-3H3,(H,17,18). The van der Waals surface area contributed by atoms with E-state index in [9.17, 15) is 4.79 Å². The largest absolute Gasteiger partial charge is 0.380 e. The monoisotopic (exact) mass is 264 g/mol. The van der Waals surface area contributed by atoms with Crippen LogP contribution in [0.2, 0.25) is 0 Å². The smallest absolute Gasteiger partial charge is 0.251 e. The lowest BCUT2D eigenvalue weighted by atomic mass is 9.94.